The number of nitrogens with zero attached hydrogens (tertiary/aromatic N) is 3. The van der Waals surface area contributed by atoms with Gasteiger partial charge in [0, 0.05) is 32.0 Å². The minimum Gasteiger partial charge on any atom is -0.357 e. The van der Waals surface area contributed by atoms with Gasteiger partial charge in [0.2, 0.25) is 5.95 Å². The van der Waals surface area contributed by atoms with E-state index < -0.39 is 11.9 Å². The van der Waals surface area contributed by atoms with Crippen molar-refractivity contribution in [1.29, 1.82) is 0 Å². The van der Waals surface area contributed by atoms with Gasteiger partial charge in [-0.1, -0.05) is 6.92 Å². The highest BCUT2D eigenvalue weighted by molar-refractivity contribution is 7.98. The Kier molecular flexibility index (Phi) is 5.91. The maximum Gasteiger partial charge on any atom is 0.433 e. The first-order chi connectivity index (χ1) is 9.33. The van der Waals surface area contributed by atoms with Crippen molar-refractivity contribution in [2.45, 2.75) is 25.6 Å². The number of halogens is 3. The molecule has 4 nitrogen and oxygen atoms in total. The molecule has 0 aromatic carbocycles. The lowest BCUT2D eigenvalue weighted by molar-refractivity contribution is -0.141. The molecule has 1 rings (SSSR count). The first-order valence-corrected chi connectivity index (χ1v) is 7.58. The molecule has 0 bridgehead atoms. The van der Waals surface area contributed by atoms with Gasteiger partial charge >= 0.3 is 6.18 Å². The number of nitrogens with one attached hydrogen (secondary N) is 1. The molecule has 0 spiro atoms. The van der Waals surface area contributed by atoms with Crippen LogP contribution in [0.2, 0.25) is 0 Å². The first-order valence-electron chi connectivity index (χ1n) is 6.19. The van der Waals surface area contributed by atoms with Gasteiger partial charge in [0.25, 0.3) is 0 Å². The zero-order valence-corrected chi connectivity index (χ0v) is 12.8. The molecule has 1 aromatic heterocycles. The van der Waals surface area contributed by atoms with Crippen LogP contribution in [0.3, 0.4) is 0 Å². The fourth-order valence-corrected chi connectivity index (χ4v) is 2.60. The molecule has 0 saturated carbocycles. The normalized spacial score (nSPS) is 13.2. The molecule has 1 N–H and O–H groups in total. The van der Waals surface area contributed by atoms with Crippen molar-refractivity contribution in [3.8, 4) is 0 Å². The van der Waals surface area contributed by atoms with Gasteiger partial charge in [-0.3, -0.25) is 0 Å². The van der Waals surface area contributed by atoms with E-state index in [1.54, 1.807) is 23.7 Å². The average Bonchev–Trinajstić information content (AvgIpc) is 2.42. The second-order valence-corrected chi connectivity index (χ2v) is 5.22. The highest BCUT2D eigenvalue weighted by atomic mass is 32.2. The fourth-order valence-electron chi connectivity index (χ4n) is 1.76. The van der Waals surface area contributed by atoms with E-state index in [9.17, 15) is 13.2 Å². The summed E-state index contributed by atoms with van der Waals surface area (Å²) in [6.45, 7) is 2.00. The molecule has 0 aliphatic rings. The van der Waals surface area contributed by atoms with Crippen molar-refractivity contribution in [3.05, 3.63) is 11.8 Å². The third-order valence-corrected chi connectivity index (χ3v) is 3.68. The monoisotopic (exact) mass is 308 g/mol. The molecular weight excluding hydrogens is 289 g/mol. The van der Waals surface area contributed by atoms with Crippen LogP contribution < -0.4 is 10.2 Å². The van der Waals surface area contributed by atoms with E-state index in [0.29, 0.717) is 0 Å². The second-order valence-electron chi connectivity index (χ2n) is 4.31. The topological polar surface area (TPSA) is 41.1 Å². The summed E-state index contributed by atoms with van der Waals surface area (Å²) >= 11 is 1.65. The number of aromatic nitrogens is 2. The van der Waals surface area contributed by atoms with Crippen LogP contribution >= 0.6 is 11.8 Å². The van der Waals surface area contributed by atoms with Crippen molar-refractivity contribution in [2.24, 2.45) is 0 Å². The summed E-state index contributed by atoms with van der Waals surface area (Å²) in [6, 6.07) is 1.12. The van der Waals surface area contributed by atoms with Crippen LogP contribution in [0, 0.1) is 0 Å². The van der Waals surface area contributed by atoms with Crippen LogP contribution in [-0.2, 0) is 6.18 Å². The Balaban J connectivity index is 3.16. The minimum atomic E-state index is -4.48. The van der Waals surface area contributed by atoms with Gasteiger partial charge in [-0.05, 0) is 12.7 Å². The molecule has 0 aliphatic carbocycles. The van der Waals surface area contributed by atoms with E-state index >= 15 is 0 Å². The fraction of sp³-hybridized carbons (Fsp3) is 0.667. The molecular formula is C12H19F3N4S. The summed E-state index contributed by atoms with van der Waals surface area (Å²) in [5.41, 5.74) is -0.933. The molecule has 0 fully saturated rings. The van der Waals surface area contributed by atoms with Gasteiger partial charge < -0.3 is 10.2 Å². The number of hydrogen-bond donors (Lipinski definition) is 1. The van der Waals surface area contributed by atoms with Crippen molar-refractivity contribution in [1.82, 2.24) is 9.97 Å². The Labute approximate surface area is 121 Å². The molecule has 20 heavy (non-hydrogen) atoms. The third-order valence-electron chi connectivity index (χ3n) is 2.97. The lowest BCUT2D eigenvalue weighted by atomic mass is 10.2. The van der Waals surface area contributed by atoms with Crippen molar-refractivity contribution >= 4 is 23.5 Å². The SMILES string of the molecule is CCC(CSC)N(C)c1cc(C(F)(F)F)nc(NC)n1. The van der Waals surface area contributed by atoms with E-state index in [1.807, 2.05) is 13.2 Å². The lowest BCUT2D eigenvalue weighted by Gasteiger charge is -2.28. The Morgan fingerprint density at radius 1 is 1.40 bits per heavy atom. The molecule has 0 radical (unpaired) electrons. The highest BCUT2D eigenvalue weighted by Gasteiger charge is 2.34. The van der Waals surface area contributed by atoms with Crippen molar-refractivity contribution < 1.29 is 13.2 Å². The molecule has 0 aliphatic heterocycles. The van der Waals surface area contributed by atoms with Crippen molar-refractivity contribution in [3.63, 3.8) is 0 Å². The van der Waals surface area contributed by atoms with E-state index in [2.05, 4.69) is 15.3 Å². The van der Waals surface area contributed by atoms with Crippen LogP contribution in [0.5, 0.6) is 0 Å². The Hall–Kier alpha value is -1.18. The molecule has 1 atom stereocenters. The number of thioether (sulfide) groups is 1. The predicted molar refractivity (Wildman–Crippen MR) is 77.4 cm³/mol. The van der Waals surface area contributed by atoms with Gasteiger partial charge in [0.05, 0.1) is 0 Å². The Morgan fingerprint density at radius 2 is 2.05 bits per heavy atom. The summed E-state index contributed by atoms with van der Waals surface area (Å²) in [4.78, 5) is 9.34. The Bertz CT molecular complexity index is 439. The zero-order chi connectivity index (χ0) is 15.3. The quantitative estimate of drug-likeness (QED) is 0.874. The van der Waals surface area contributed by atoms with Crippen molar-refractivity contribution in [2.75, 3.05) is 36.3 Å². The van der Waals surface area contributed by atoms with Crippen LogP contribution in [-0.4, -0.2) is 42.1 Å². The van der Waals surface area contributed by atoms with Gasteiger partial charge in [-0.15, -0.1) is 0 Å². The molecule has 1 heterocycles. The largest absolute Gasteiger partial charge is 0.433 e. The average molecular weight is 308 g/mol. The van der Waals surface area contributed by atoms with Crippen LogP contribution in [0.1, 0.15) is 19.0 Å². The summed E-state index contributed by atoms with van der Waals surface area (Å²) in [7, 11) is 3.25. The molecule has 8 heteroatoms. The number of anilines is 2. The van der Waals surface area contributed by atoms with Gasteiger partial charge in [-0.2, -0.15) is 29.9 Å². The van der Waals surface area contributed by atoms with E-state index in [-0.39, 0.29) is 17.8 Å². The number of alkyl halides is 3. The highest BCUT2D eigenvalue weighted by Crippen LogP contribution is 2.31. The number of hydrogen-bond acceptors (Lipinski definition) is 5. The molecule has 0 saturated heterocycles. The van der Waals surface area contributed by atoms with Crippen LogP contribution in [0.15, 0.2) is 6.07 Å². The van der Waals surface area contributed by atoms with Gasteiger partial charge in [0.15, 0.2) is 5.69 Å². The number of rotatable bonds is 6. The summed E-state index contributed by atoms with van der Waals surface area (Å²) in [5.74, 6) is 1.08. The molecule has 1 aromatic rings. The minimum absolute atomic E-state index is 0.0271. The van der Waals surface area contributed by atoms with E-state index in [1.165, 1.54) is 7.05 Å². The van der Waals surface area contributed by atoms with E-state index in [0.717, 1.165) is 18.2 Å². The summed E-state index contributed by atoms with van der Waals surface area (Å²) in [5, 5.41) is 2.57. The van der Waals surface area contributed by atoms with E-state index in [4.69, 9.17) is 0 Å². The lowest BCUT2D eigenvalue weighted by Crippen LogP contribution is -2.34. The third kappa shape index (κ3) is 4.16. The molecule has 1 unspecified atom stereocenters. The summed E-state index contributed by atoms with van der Waals surface area (Å²) in [6.07, 6.45) is -1.68. The maximum atomic E-state index is 12.8. The second kappa shape index (κ2) is 7.01. The Morgan fingerprint density at radius 3 is 2.50 bits per heavy atom. The summed E-state index contributed by atoms with van der Waals surface area (Å²) < 4.78 is 38.5. The zero-order valence-electron chi connectivity index (χ0n) is 12.0. The van der Waals surface area contributed by atoms with Crippen LogP contribution in [0.25, 0.3) is 0 Å². The predicted octanol–water partition coefficient (Wildman–Crippen LogP) is 3.11. The first kappa shape index (κ1) is 16.9. The molecule has 114 valence electrons. The molecule has 0 amide bonds. The van der Waals surface area contributed by atoms with Crippen LogP contribution in [0.4, 0.5) is 24.9 Å². The maximum absolute atomic E-state index is 12.8. The van der Waals surface area contributed by atoms with Gasteiger partial charge in [0.1, 0.15) is 5.82 Å². The standard InChI is InChI=1S/C12H19F3N4S/c1-5-8(7-20-4)19(3)10-6-9(12(13,14)15)17-11(16-2)18-10/h6,8H,5,7H2,1-4H3,(H,16,17,18). The van der Waals surface area contributed by atoms with Gasteiger partial charge in [-0.25, -0.2) is 4.98 Å². The smallest absolute Gasteiger partial charge is 0.357 e.